The molecule has 0 saturated carbocycles. The van der Waals surface area contributed by atoms with Gasteiger partial charge in [-0.15, -0.1) is 10.2 Å². The van der Waals surface area contributed by atoms with E-state index in [0.29, 0.717) is 5.16 Å². The summed E-state index contributed by atoms with van der Waals surface area (Å²) in [5.74, 6) is 0.0683. The summed E-state index contributed by atoms with van der Waals surface area (Å²) in [6.45, 7) is 0. The minimum Gasteiger partial charge on any atom is -0.312 e. The summed E-state index contributed by atoms with van der Waals surface area (Å²) in [7, 11) is 1.83. The summed E-state index contributed by atoms with van der Waals surface area (Å²) in [5.41, 5.74) is 3.40. The van der Waals surface area contributed by atoms with Crippen LogP contribution < -0.4 is 5.43 Å². The first kappa shape index (κ1) is 13.3. The molecule has 6 nitrogen and oxygen atoms in total. The van der Waals surface area contributed by atoms with Crippen molar-refractivity contribution in [3.63, 3.8) is 0 Å². The van der Waals surface area contributed by atoms with Gasteiger partial charge in [0, 0.05) is 7.05 Å². The summed E-state index contributed by atoms with van der Waals surface area (Å²) in [5, 5.41) is 12.2. The lowest BCUT2D eigenvalue weighted by molar-refractivity contribution is -0.118. The Morgan fingerprint density at radius 3 is 2.95 bits per heavy atom. The van der Waals surface area contributed by atoms with Gasteiger partial charge in [0.25, 0.3) is 5.91 Å². The molecule has 2 aromatic rings. The topological polar surface area (TPSA) is 72.2 Å². The number of benzene rings is 1. The lowest BCUT2D eigenvalue weighted by Crippen LogP contribution is -2.19. The summed E-state index contributed by atoms with van der Waals surface area (Å²) < 4.78 is 1.76. The predicted octanol–water partition coefficient (Wildman–Crippen LogP) is 1.06. The van der Waals surface area contributed by atoms with Crippen LogP contribution in [0.3, 0.4) is 0 Å². The highest BCUT2D eigenvalue weighted by molar-refractivity contribution is 7.99. The summed E-state index contributed by atoms with van der Waals surface area (Å²) in [4.78, 5) is 11.5. The zero-order chi connectivity index (χ0) is 13.5. The van der Waals surface area contributed by atoms with Crippen LogP contribution >= 0.6 is 11.8 Å². The van der Waals surface area contributed by atoms with Gasteiger partial charge >= 0.3 is 0 Å². The van der Waals surface area contributed by atoms with Crippen LogP contribution in [0.5, 0.6) is 0 Å². The SMILES string of the molecule is Cn1cnnc1SCC(=O)N/N=C\c1ccccc1. The molecule has 0 radical (unpaired) electrons. The van der Waals surface area contributed by atoms with Crippen molar-refractivity contribution in [2.75, 3.05) is 5.75 Å². The van der Waals surface area contributed by atoms with Crippen LogP contribution in [0.2, 0.25) is 0 Å². The molecular weight excluding hydrogens is 262 g/mol. The molecule has 0 aliphatic rings. The Hall–Kier alpha value is -2.15. The minimum atomic E-state index is -0.180. The number of amides is 1. The molecule has 2 rings (SSSR count). The Morgan fingerprint density at radius 1 is 1.47 bits per heavy atom. The molecule has 1 amide bonds. The third kappa shape index (κ3) is 4.22. The molecule has 0 spiro atoms. The van der Waals surface area contributed by atoms with Crippen LogP contribution in [0.4, 0.5) is 0 Å². The Labute approximate surface area is 114 Å². The van der Waals surface area contributed by atoms with E-state index in [0.717, 1.165) is 5.56 Å². The van der Waals surface area contributed by atoms with Gasteiger partial charge < -0.3 is 4.57 Å². The quantitative estimate of drug-likeness (QED) is 0.503. The van der Waals surface area contributed by atoms with Crippen LogP contribution in [-0.4, -0.2) is 32.6 Å². The van der Waals surface area contributed by atoms with Crippen molar-refractivity contribution < 1.29 is 4.79 Å². The molecule has 0 fully saturated rings. The fourth-order valence-corrected chi connectivity index (χ4v) is 1.96. The Kier molecular flexibility index (Phi) is 4.68. The summed E-state index contributed by atoms with van der Waals surface area (Å²) >= 11 is 1.31. The molecule has 0 aliphatic carbocycles. The van der Waals surface area contributed by atoms with Gasteiger partial charge in [-0.2, -0.15) is 5.10 Å². The summed E-state index contributed by atoms with van der Waals surface area (Å²) in [6.07, 6.45) is 3.19. The Balaban J connectivity index is 1.76. The van der Waals surface area contributed by atoms with Crippen LogP contribution in [-0.2, 0) is 11.8 Å². The number of hydrogen-bond acceptors (Lipinski definition) is 5. The Morgan fingerprint density at radius 2 is 2.26 bits per heavy atom. The van der Waals surface area contributed by atoms with Gasteiger partial charge in [-0.3, -0.25) is 4.79 Å². The number of thioether (sulfide) groups is 1. The maximum absolute atomic E-state index is 11.5. The first-order valence-corrected chi connectivity index (χ1v) is 6.58. The van der Waals surface area contributed by atoms with Crippen molar-refractivity contribution >= 4 is 23.9 Å². The van der Waals surface area contributed by atoms with Gasteiger partial charge in [-0.05, 0) is 5.56 Å². The monoisotopic (exact) mass is 275 g/mol. The molecular formula is C12H13N5OS. The van der Waals surface area contributed by atoms with Crippen molar-refractivity contribution in [2.24, 2.45) is 12.1 Å². The van der Waals surface area contributed by atoms with E-state index in [2.05, 4.69) is 20.7 Å². The molecule has 0 bridgehead atoms. The second-order valence-corrected chi connectivity index (χ2v) is 4.66. The number of hydrogen-bond donors (Lipinski definition) is 1. The molecule has 0 atom stereocenters. The first-order valence-electron chi connectivity index (χ1n) is 5.59. The standard InChI is InChI=1S/C12H13N5OS/c1-17-9-14-16-12(17)19-8-11(18)15-13-7-10-5-3-2-4-6-10/h2-7,9H,8H2,1H3,(H,15,18)/b13-7-. The van der Waals surface area contributed by atoms with E-state index in [1.807, 2.05) is 37.4 Å². The van der Waals surface area contributed by atoms with Gasteiger partial charge in [0.1, 0.15) is 6.33 Å². The number of carbonyl (C=O) groups is 1. The second-order valence-electron chi connectivity index (χ2n) is 3.72. The zero-order valence-electron chi connectivity index (χ0n) is 10.4. The van der Waals surface area contributed by atoms with E-state index in [1.165, 1.54) is 11.8 Å². The highest BCUT2D eigenvalue weighted by atomic mass is 32.2. The third-order valence-corrected chi connectivity index (χ3v) is 3.24. The van der Waals surface area contributed by atoms with Crippen molar-refractivity contribution in [3.05, 3.63) is 42.2 Å². The lowest BCUT2D eigenvalue weighted by atomic mass is 10.2. The van der Waals surface area contributed by atoms with Gasteiger partial charge in [-0.25, -0.2) is 5.43 Å². The number of rotatable bonds is 5. The fraction of sp³-hybridized carbons (Fsp3) is 0.167. The van der Waals surface area contributed by atoms with Gasteiger partial charge in [-0.1, -0.05) is 42.1 Å². The molecule has 1 N–H and O–H groups in total. The number of aryl methyl sites for hydroxylation is 1. The Bertz CT molecular complexity index is 567. The number of carbonyl (C=O) groups excluding carboxylic acids is 1. The van der Waals surface area contributed by atoms with E-state index in [-0.39, 0.29) is 11.7 Å². The molecule has 19 heavy (non-hydrogen) atoms. The highest BCUT2D eigenvalue weighted by Crippen LogP contribution is 2.12. The minimum absolute atomic E-state index is 0.180. The highest BCUT2D eigenvalue weighted by Gasteiger charge is 2.05. The number of nitrogens with zero attached hydrogens (tertiary/aromatic N) is 4. The summed E-state index contributed by atoms with van der Waals surface area (Å²) in [6, 6.07) is 9.56. The molecule has 0 saturated heterocycles. The van der Waals surface area contributed by atoms with Gasteiger partial charge in [0.15, 0.2) is 5.16 Å². The van der Waals surface area contributed by atoms with E-state index >= 15 is 0 Å². The van der Waals surface area contributed by atoms with Crippen LogP contribution in [0, 0.1) is 0 Å². The van der Waals surface area contributed by atoms with Crippen molar-refractivity contribution in [2.45, 2.75) is 5.16 Å². The third-order valence-electron chi connectivity index (χ3n) is 2.20. The largest absolute Gasteiger partial charge is 0.312 e. The predicted molar refractivity (Wildman–Crippen MR) is 73.9 cm³/mol. The second kappa shape index (κ2) is 6.69. The number of nitrogens with one attached hydrogen (secondary N) is 1. The van der Waals surface area contributed by atoms with Gasteiger partial charge in [0.05, 0.1) is 12.0 Å². The average molecular weight is 275 g/mol. The molecule has 7 heteroatoms. The molecule has 0 aliphatic heterocycles. The van der Waals surface area contributed by atoms with E-state index in [1.54, 1.807) is 17.1 Å². The van der Waals surface area contributed by atoms with E-state index < -0.39 is 0 Å². The average Bonchev–Trinajstić information content (AvgIpc) is 2.83. The number of aromatic nitrogens is 3. The van der Waals surface area contributed by atoms with Crippen LogP contribution in [0.25, 0.3) is 0 Å². The van der Waals surface area contributed by atoms with Crippen LogP contribution in [0.15, 0.2) is 46.9 Å². The molecule has 1 aromatic heterocycles. The van der Waals surface area contributed by atoms with E-state index in [4.69, 9.17) is 0 Å². The molecule has 0 unspecified atom stereocenters. The van der Waals surface area contributed by atoms with Crippen molar-refractivity contribution in [1.29, 1.82) is 0 Å². The zero-order valence-corrected chi connectivity index (χ0v) is 11.2. The first-order chi connectivity index (χ1) is 9.25. The van der Waals surface area contributed by atoms with Gasteiger partial charge in [0.2, 0.25) is 0 Å². The molecule has 1 heterocycles. The lowest BCUT2D eigenvalue weighted by Gasteiger charge is -1.99. The van der Waals surface area contributed by atoms with Crippen molar-refractivity contribution in [3.8, 4) is 0 Å². The number of hydrazone groups is 1. The molecule has 1 aromatic carbocycles. The fourth-order valence-electron chi connectivity index (χ4n) is 1.28. The van der Waals surface area contributed by atoms with E-state index in [9.17, 15) is 4.79 Å². The maximum Gasteiger partial charge on any atom is 0.250 e. The molecule has 98 valence electrons. The normalized spacial score (nSPS) is 10.8. The van der Waals surface area contributed by atoms with Crippen LogP contribution in [0.1, 0.15) is 5.56 Å². The smallest absolute Gasteiger partial charge is 0.250 e. The maximum atomic E-state index is 11.5. The van der Waals surface area contributed by atoms with Crippen molar-refractivity contribution in [1.82, 2.24) is 20.2 Å².